The van der Waals surface area contributed by atoms with Crippen molar-refractivity contribution in [1.82, 2.24) is 0 Å². The number of methoxy groups -OCH3 is 1. The molecular weight excluding hydrogens is 114 g/mol. The minimum atomic E-state index is -0.443. The van der Waals surface area contributed by atoms with Gasteiger partial charge in [0, 0.05) is 7.11 Å². The lowest BCUT2D eigenvalue weighted by Gasteiger charge is -1.96. The van der Waals surface area contributed by atoms with Gasteiger partial charge in [-0.15, -0.1) is 11.6 Å². The van der Waals surface area contributed by atoms with Crippen LogP contribution in [0, 0.1) is 11.3 Å². The molecule has 0 aromatic carbocycles. The van der Waals surface area contributed by atoms with Crippen molar-refractivity contribution in [3.05, 3.63) is 0 Å². The number of halogens is 1. The van der Waals surface area contributed by atoms with Crippen LogP contribution in [0.5, 0.6) is 0 Å². The van der Waals surface area contributed by atoms with E-state index in [2.05, 4.69) is 4.74 Å². The third-order valence-corrected chi connectivity index (χ3v) is 0.849. The lowest BCUT2D eigenvalue weighted by Crippen LogP contribution is -2.07. The zero-order valence-corrected chi connectivity index (χ0v) is 4.77. The van der Waals surface area contributed by atoms with Gasteiger partial charge in [-0.25, -0.2) is 0 Å². The maximum absolute atomic E-state index is 8.07. The quantitative estimate of drug-likeness (QED) is 0.503. The summed E-state index contributed by atoms with van der Waals surface area (Å²) in [5, 5.41) is 8.07. The van der Waals surface area contributed by atoms with Crippen molar-refractivity contribution in [2.45, 2.75) is 6.10 Å². The van der Waals surface area contributed by atoms with E-state index in [0.717, 1.165) is 0 Å². The Kier molecular flexibility index (Phi) is 3.77. The van der Waals surface area contributed by atoms with Gasteiger partial charge in [-0.3, -0.25) is 0 Å². The van der Waals surface area contributed by atoms with Gasteiger partial charge in [0.05, 0.1) is 11.9 Å². The first-order valence-electron chi connectivity index (χ1n) is 1.83. The number of hydrogen-bond acceptors (Lipinski definition) is 2. The minimum absolute atomic E-state index is 0.243. The molecule has 3 heteroatoms. The Morgan fingerprint density at radius 3 is 2.57 bits per heavy atom. The molecule has 0 aliphatic heterocycles. The Morgan fingerprint density at radius 2 is 2.57 bits per heavy atom. The minimum Gasteiger partial charge on any atom is -0.365 e. The van der Waals surface area contributed by atoms with Crippen LogP contribution in [-0.4, -0.2) is 19.1 Å². The van der Waals surface area contributed by atoms with E-state index >= 15 is 0 Å². The lowest BCUT2D eigenvalue weighted by atomic mass is 10.5. The number of ether oxygens (including phenoxy) is 1. The van der Waals surface area contributed by atoms with Gasteiger partial charge in [-0.2, -0.15) is 5.26 Å². The molecule has 0 radical (unpaired) electrons. The molecule has 0 aliphatic rings. The molecule has 0 rings (SSSR count). The van der Waals surface area contributed by atoms with Crippen LogP contribution < -0.4 is 0 Å². The number of rotatable bonds is 2. The third-order valence-electron chi connectivity index (χ3n) is 0.569. The third kappa shape index (κ3) is 2.44. The van der Waals surface area contributed by atoms with Crippen molar-refractivity contribution in [3.63, 3.8) is 0 Å². The smallest absolute Gasteiger partial charge is 0.157 e. The molecule has 0 bridgehead atoms. The number of nitrogens with zero attached hydrogens (tertiary/aromatic N) is 1. The van der Waals surface area contributed by atoms with Crippen LogP contribution in [0.15, 0.2) is 0 Å². The molecule has 0 spiro atoms. The summed E-state index contributed by atoms with van der Waals surface area (Å²) in [7, 11) is 1.45. The van der Waals surface area contributed by atoms with Crippen molar-refractivity contribution >= 4 is 11.6 Å². The van der Waals surface area contributed by atoms with E-state index in [1.165, 1.54) is 7.11 Å². The fourth-order valence-corrected chi connectivity index (χ4v) is 0.345. The van der Waals surface area contributed by atoms with Crippen LogP contribution in [0.2, 0.25) is 0 Å². The van der Waals surface area contributed by atoms with Gasteiger partial charge < -0.3 is 4.74 Å². The maximum atomic E-state index is 8.07. The van der Waals surface area contributed by atoms with E-state index < -0.39 is 6.10 Å². The summed E-state index contributed by atoms with van der Waals surface area (Å²) in [6.07, 6.45) is -0.443. The summed E-state index contributed by atoms with van der Waals surface area (Å²) < 4.78 is 4.56. The maximum Gasteiger partial charge on any atom is 0.157 e. The van der Waals surface area contributed by atoms with E-state index in [1.54, 1.807) is 0 Å². The molecule has 7 heavy (non-hydrogen) atoms. The molecule has 0 fully saturated rings. The number of alkyl halides is 1. The van der Waals surface area contributed by atoms with Crippen LogP contribution in [0.1, 0.15) is 0 Å². The molecule has 0 saturated carbocycles. The highest BCUT2D eigenvalue weighted by atomic mass is 35.5. The van der Waals surface area contributed by atoms with Crippen LogP contribution >= 0.6 is 11.6 Å². The van der Waals surface area contributed by atoms with Crippen molar-refractivity contribution in [3.8, 4) is 6.07 Å². The van der Waals surface area contributed by atoms with Gasteiger partial charge >= 0.3 is 0 Å². The Labute approximate surface area is 47.6 Å². The van der Waals surface area contributed by atoms with Gasteiger partial charge in [0.25, 0.3) is 0 Å². The second-order valence-corrected chi connectivity index (χ2v) is 1.32. The highest BCUT2D eigenvalue weighted by Gasteiger charge is 1.98. The largest absolute Gasteiger partial charge is 0.365 e. The second-order valence-electron chi connectivity index (χ2n) is 1.01. The first kappa shape index (κ1) is 6.74. The van der Waals surface area contributed by atoms with E-state index in [-0.39, 0.29) is 5.88 Å². The number of nitriles is 1. The molecule has 0 heterocycles. The average Bonchev–Trinajstić information content (AvgIpc) is 1.72. The zero-order valence-electron chi connectivity index (χ0n) is 4.02. The molecule has 0 aliphatic carbocycles. The Balaban J connectivity index is 3.23. The van der Waals surface area contributed by atoms with Crippen molar-refractivity contribution in [2.24, 2.45) is 0 Å². The fraction of sp³-hybridized carbons (Fsp3) is 0.750. The normalized spacial score (nSPS) is 12.7. The lowest BCUT2D eigenvalue weighted by molar-refractivity contribution is 0.164. The standard InChI is InChI=1S/C4H6ClNO/c1-7-4(2-5)3-6/h4H,2H2,1H3. The fourth-order valence-electron chi connectivity index (χ4n) is 0.150. The summed E-state index contributed by atoms with van der Waals surface area (Å²) >= 11 is 5.22. The van der Waals surface area contributed by atoms with Gasteiger partial charge in [-0.1, -0.05) is 0 Å². The van der Waals surface area contributed by atoms with Gasteiger partial charge in [0.15, 0.2) is 6.10 Å². The molecule has 0 N–H and O–H groups in total. The molecule has 40 valence electrons. The number of hydrogen-bond donors (Lipinski definition) is 0. The summed E-state index contributed by atoms with van der Waals surface area (Å²) in [6.45, 7) is 0. The van der Waals surface area contributed by atoms with Crippen LogP contribution in [-0.2, 0) is 4.74 Å². The summed E-state index contributed by atoms with van der Waals surface area (Å²) in [5.74, 6) is 0.243. The van der Waals surface area contributed by atoms with Crippen molar-refractivity contribution < 1.29 is 4.74 Å². The predicted octanol–water partition coefficient (Wildman–Crippen LogP) is 0.764. The van der Waals surface area contributed by atoms with Gasteiger partial charge in [0.2, 0.25) is 0 Å². The average molecular weight is 120 g/mol. The topological polar surface area (TPSA) is 33.0 Å². The molecule has 0 aromatic rings. The zero-order chi connectivity index (χ0) is 5.70. The summed E-state index contributed by atoms with van der Waals surface area (Å²) in [4.78, 5) is 0. The molecule has 1 unspecified atom stereocenters. The second kappa shape index (κ2) is 3.91. The monoisotopic (exact) mass is 119 g/mol. The SMILES string of the molecule is COC(C#N)CCl. The Hall–Kier alpha value is -0.260. The first-order valence-corrected chi connectivity index (χ1v) is 2.37. The molecule has 0 aromatic heterocycles. The highest BCUT2D eigenvalue weighted by Crippen LogP contribution is 1.88. The predicted molar refractivity (Wildman–Crippen MR) is 27.1 cm³/mol. The summed E-state index contributed by atoms with van der Waals surface area (Å²) in [5.41, 5.74) is 0. The van der Waals surface area contributed by atoms with Crippen LogP contribution in [0.25, 0.3) is 0 Å². The van der Waals surface area contributed by atoms with E-state index in [0.29, 0.717) is 0 Å². The van der Waals surface area contributed by atoms with Crippen molar-refractivity contribution in [2.75, 3.05) is 13.0 Å². The molecule has 1 atom stereocenters. The van der Waals surface area contributed by atoms with Crippen LogP contribution in [0.3, 0.4) is 0 Å². The van der Waals surface area contributed by atoms with Crippen molar-refractivity contribution in [1.29, 1.82) is 5.26 Å². The molecule has 0 amide bonds. The Morgan fingerprint density at radius 1 is 2.00 bits per heavy atom. The molecule has 0 saturated heterocycles. The molecule has 2 nitrogen and oxygen atoms in total. The molecular formula is C4H6ClNO. The Bertz CT molecular complexity index is 74.2. The van der Waals surface area contributed by atoms with Crippen LogP contribution in [0.4, 0.5) is 0 Å². The first-order chi connectivity index (χ1) is 3.35. The van der Waals surface area contributed by atoms with Gasteiger partial charge in [0.1, 0.15) is 0 Å². The van der Waals surface area contributed by atoms with E-state index in [9.17, 15) is 0 Å². The van der Waals surface area contributed by atoms with E-state index in [4.69, 9.17) is 16.9 Å². The summed E-state index contributed by atoms with van der Waals surface area (Å²) in [6, 6.07) is 1.85. The van der Waals surface area contributed by atoms with Gasteiger partial charge in [-0.05, 0) is 0 Å². The highest BCUT2D eigenvalue weighted by molar-refractivity contribution is 6.18. The van der Waals surface area contributed by atoms with E-state index in [1.807, 2.05) is 6.07 Å².